The lowest BCUT2D eigenvalue weighted by molar-refractivity contribution is 0.0948. The van der Waals surface area contributed by atoms with Crippen molar-refractivity contribution < 1.29 is 4.79 Å². The highest BCUT2D eigenvalue weighted by Gasteiger charge is 2.20. The Bertz CT molecular complexity index is 473. The maximum absolute atomic E-state index is 12.3. The van der Waals surface area contributed by atoms with Crippen LogP contribution < -0.4 is 10.6 Å². The molecule has 1 heterocycles. The van der Waals surface area contributed by atoms with Crippen LogP contribution in [0.1, 0.15) is 16.8 Å². The van der Waals surface area contributed by atoms with Crippen LogP contribution in [-0.2, 0) is 0 Å². The maximum atomic E-state index is 12.3. The Balaban J connectivity index is 1.93. The molecule has 0 aliphatic carbocycles. The summed E-state index contributed by atoms with van der Waals surface area (Å²) in [6.45, 7) is 7.27. The summed E-state index contributed by atoms with van der Waals surface area (Å²) in [5.41, 5.74) is 1.55. The van der Waals surface area contributed by atoms with E-state index in [9.17, 15) is 4.79 Å². The van der Waals surface area contributed by atoms with Crippen molar-refractivity contribution in [3.05, 3.63) is 42.5 Å². The molecule has 4 nitrogen and oxygen atoms in total. The molecule has 2 N–H and O–H groups in total. The van der Waals surface area contributed by atoms with Gasteiger partial charge in [0, 0.05) is 25.3 Å². The lowest BCUT2D eigenvalue weighted by atomic mass is 10.1. The third-order valence-corrected chi connectivity index (χ3v) is 3.65. The summed E-state index contributed by atoms with van der Waals surface area (Å²) in [5, 5.41) is 6.24. The number of nitrogens with zero attached hydrogens (tertiary/aromatic N) is 1. The smallest absolute Gasteiger partial charge is 0.253 e. The average Bonchev–Trinajstić information content (AvgIpc) is 2.88. The average molecular weight is 273 g/mol. The van der Waals surface area contributed by atoms with E-state index in [1.54, 1.807) is 6.08 Å². The molecule has 1 unspecified atom stereocenters. The zero-order chi connectivity index (χ0) is 14.4. The summed E-state index contributed by atoms with van der Waals surface area (Å²) in [7, 11) is 2.12. The lowest BCUT2D eigenvalue weighted by Gasteiger charge is -2.14. The van der Waals surface area contributed by atoms with Crippen LogP contribution in [0.5, 0.6) is 0 Å². The number of amides is 1. The Kier molecular flexibility index (Phi) is 5.18. The summed E-state index contributed by atoms with van der Waals surface area (Å²) >= 11 is 0. The van der Waals surface area contributed by atoms with E-state index in [4.69, 9.17) is 0 Å². The second-order valence-electron chi connectivity index (χ2n) is 5.34. The molecule has 108 valence electrons. The Hall–Kier alpha value is -1.81. The fourth-order valence-electron chi connectivity index (χ4n) is 2.54. The molecule has 0 bridgehead atoms. The summed E-state index contributed by atoms with van der Waals surface area (Å²) in [6, 6.07) is 7.58. The normalized spacial score (nSPS) is 18.8. The van der Waals surface area contributed by atoms with Gasteiger partial charge in [-0.25, -0.2) is 0 Å². The molecule has 0 spiro atoms. The van der Waals surface area contributed by atoms with Gasteiger partial charge < -0.3 is 15.5 Å². The van der Waals surface area contributed by atoms with Gasteiger partial charge in [0.1, 0.15) is 0 Å². The molecule has 1 aromatic carbocycles. The minimum Gasteiger partial charge on any atom is -0.381 e. The van der Waals surface area contributed by atoms with Crippen molar-refractivity contribution in [1.29, 1.82) is 0 Å². The number of likely N-dealkylation sites (tertiary alicyclic amines) is 1. The first kappa shape index (κ1) is 14.6. The van der Waals surface area contributed by atoms with Crippen LogP contribution >= 0.6 is 0 Å². The van der Waals surface area contributed by atoms with Gasteiger partial charge in [0.25, 0.3) is 5.91 Å². The largest absolute Gasteiger partial charge is 0.381 e. The van der Waals surface area contributed by atoms with E-state index in [1.165, 1.54) is 0 Å². The van der Waals surface area contributed by atoms with Gasteiger partial charge in [0.2, 0.25) is 0 Å². The molecular weight excluding hydrogens is 250 g/mol. The maximum Gasteiger partial charge on any atom is 0.253 e. The van der Waals surface area contributed by atoms with Crippen LogP contribution in [0.3, 0.4) is 0 Å². The van der Waals surface area contributed by atoms with E-state index in [2.05, 4.69) is 29.2 Å². The zero-order valence-corrected chi connectivity index (χ0v) is 12.1. The molecule has 1 amide bonds. The quantitative estimate of drug-likeness (QED) is 0.779. The minimum atomic E-state index is -0.00767. The molecule has 1 atom stereocenters. The SMILES string of the molecule is C=CCNc1ccccc1C(=O)NCC1CCN(C)C1. The van der Waals surface area contributed by atoms with Crippen LogP contribution in [-0.4, -0.2) is 44.0 Å². The molecule has 0 saturated carbocycles. The third kappa shape index (κ3) is 3.84. The van der Waals surface area contributed by atoms with Crippen LogP contribution in [0.15, 0.2) is 36.9 Å². The summed E-state index contributed by atoms with van der Waals surface area (Å²) < 4.78 is 0. The molecule has 20 heavy (non-hydrogen) atoms. The predicted molar refractivity (Wildman–Crippen MR) is 83.1 cm³/mol. The number of benzene rings is 1. The van der Waals surface area contributed by atoms with Gasteiger partial charge in [0.15, 0.2) is 0 Å². The van der Waals surface area contributed by atoms with Crippen molar-refractivity contribution in [2.75, 3.05) is 38.5 Å². The van der Waals surface area contributed by atoms with Crippen molar-refractivity contribution in [1.82, 2.24) is 10.2 Å². The fraction of sp³-hybridized carbons (Fsp3) is 0.438. The number of hydrogen-bond acceptors (Lipinski definition) is 3. The molecule has 4 heteroatoms. The number of para-hydroxylation sites is 1. The van der Waals surface area contributed by atoms with Crippen molar-refractivity contribution in [2.24, 2.45) is 5.92 Å². The van der Waals surface area contributed by atoms with Gasteiger partial charge >= 0.3 is 0 Å². The van der Waals surface area contributed by atoms with Crippen LogP contribution in [0, 0.1) is 5.92 Å². The summed E-state index contributed by atoms with van der Waals surface area (Å²) in [5.74, 6) is 0.559. The van der Waals surface area contributed by atoms with E-state index in [1.807, 2.05) is 24.3 Å². The Morgan fingerprint density at radius 1 is 1.50 bits per heavy atom. The number of anilines is 1. The first-order valence-electron chi connectivity index (χ1n) is 7.11. The molecular formula is C16H23N3O. The van der Waals surface area contributed by atoms with Crippen molar-refractivity contribution >= 4 is 11.6 Å². The third-order valence-electron chi connectivity index (χ3n) is 3.65. The predicted octanol–water partition coefficient (Wildman–Crippen LogP) is 1.97. The first-order chi connectivity index (χ1) is 9.70. The molecule has 0 radical (unpaired) electrons. The van der Waals surface area contributed by atoms with Crippen molar-refractivity contribution in [3.63, 3.8) is 0 Å². The second kappa shape index (κ2) is 7.10. The van der Waals surface area contributed by atoms with Crippen LogP contribution in [0.4, 0.5) is 5.69 Å². The van der Waals surface area contributed by atoms with Gasteiger partial charge in [-0.3, -0.25) is 4.79 Å². The highest BCUT2D eigenvalue weighted by Crippen LogP contribution is 2.16. The van der Waals surface area contributed by atoms with Gasteiger partial charge in [-0.1, -0.05) is 18.2 Å². The van der Waals surface area contributed by atoms with Gasteiger partial charge in [0.05, 0.1) is 5.56 Å². The van der Waals surface area contributed by atoms with Gasteiger partial charge in [-0.2, -0.15) is 0 Å². The van der Waals surface area contributed by atoms with Crippen LogP contribution in [0.25, 0.3) is 0 Å². The van der Waals surface area contributed by atoms with E-state index in [-0.39, 0.29) is 5.91 Å². The van der Waals surface area contributed by atoms with E-state index >= 15 is 0 Å². The van der Waals surface area contributed by atoms with Gasteiger partial charge in [-0.05, 0) is 38.1 Å². The lowest BCUT2D eigenvalue weighted by Crippen LogP contribution is -2.31. The van der Waals surface area contributed by atoms with Crippen molar-refractivity contribution in [2.45, 2.75) is 6.42 Å². The standard InChI is InChI=1S/C16H23N3O/c1-3-9-17-15-7-5-4-6-14(15)16(20)18-11-13-8-10-19(2)12-13/h3-7,13,17H,1,8-12H2,2H3,(H,18,20). The van der Waals surface area contributed by atoms with E-state index in [0.29, 0.717) is 18.0 Å². The highest BCUT2D eigenvalue weighted by molar-refractivity contribution is 5.99. The molecule has 2 rings (SSSR count). The van der Waals surface area contributed by atoms with E-state index in [0.717, 1.165) is 31.7 Å². The fourth-order valence-corrected chi connectivity index (χ4v) is 2.54. The highest BCUT2D eigenvalue weighted by atomic mass is 16.1. The summed E-state index contributed by atoms with van der Waals surface area (Å²) in [6.07, 6.45) is 2.94. The molecule has 1 saturated heterocycles. The Labute approximate surface area is 120 Å². The Morgan fingerprint density at radius 2 is 2.30 bits per heavy atom. The summed E-state index contributed by atoms with van der Waals surface area (Å²) in [4.78, 5) is 14.6. The number of carbonyl (C=O) groups excluding carboxylic acids is 1. The minimum absolute atomic E-state index is 0.00767. The van der Waals surface area contributed by atoms with E-state index < -0.39 is 0 Å². The topological polar surface area (TPSA) is 44.4 Å². The van der Waals surface area contributed by atoms with Crippen LogP contribution in [0.2, 0.25) is 0 Å². The molecule has 1 aliphatic rings. The monoisotopic (exact) mass is 273 g/mol. The molecule has 1 aliphatic heterocycles. The zero-order valence-electron chi connectivity index (χ0n) is 12.1. The molecule has 0 aromatic heterocycles. The number of hydrogen-bond donors (Lipinski definition) is 2. The first-order valence-corrected chi connectivity index (χ1v) is 7.11. The molecule has 1 aromatic rings. The molecule has 1 fully saturated rings. The number of nitrogens with one attached hydrogen (secondary N) is 2. The van der Waals surface area contributed by atoms with Gasteiger partial charge in [-0.15, -0.1) is 6.58 Å². The van der Waals surface area contributed by atoms with Crippen molar-refractivity contribution in [3.8, 4) is 0 Å². The number of carbonyl (C=O) groups is 1. The number of rotatable bonds is 6. The Morgan fingerprint density at radius 3 is 3.00 bits per heavy atom. The second-order valence-corrected chi connectivity index (χ2v) is 5.34.